The first kappa shape index (κ1) is 17.0. The number of hydrogen-bond donors (Lipinski definition) is 2. The molecule has 2 N–H and O–H groups in total. The number of anilines is 1. The van der Waals surface area contributed by atoms with Crippen molar-refractivity contribution in [3.8, 4) is 11.1 Å². The van der Waals surface area contributed by atoms with Gasteiger partial charge in [0, 0.05) is 6.61 Å². The number of halogens is 3. The van der Waals surface area contributed by atoms with Crippen LogP contribution >= 0.6 is 0 Å². The van der Waals surface area contributed by atoms with E-state index in [1.807, 2.05) is 5.10 Å². The maximum atomic E-state index is 13.1. The van der Waals surface area contributed by atoms with Gasteiger partial charge < -0.3 is 10.1 Å². The van der Waals surface area contributed by atoms with Crippen molar-refractivity contribution in [2.45, 2.75) is 19.5 Å². The second-order valence-corrected chi connectivity index (χ2v) is 4.68. The number of carbonyl (C=O) groups excluding carboxylic acids is 1. The summed E-state index contributed by atoms with van der Waals surface area (Å²) >= 11 is 0. The standard InChI is InChI=1S/C15H16F3N3O2/c1-2-23-9-8-11(22)19-14-12(10-6-4-3-5-7-10)13(20-21-14)15(16,17)18/h3-7H,2,8-9H2,1H3,(H2,19,20,21,22). The Morgan fingerprint density at radius 2 is 2.00 bits per heavy atom. The molecule has 8 heteroatoms. The van der Waals surface area contributed by atoms with Gasteiger partial charge in [0.1, 0.15) is 5.69 Å². The number of nitrogens with zero attached hydrogens (tertiary/aromatic N) is 1. The summed E-state index contributed by atoms with van der Waals surface area (Å²) in [6.45, 7) is 2.44. The molecule has 1 aromatic heterocycles. The van der Waals surface area contributed by atoms with Gasteiger partial charge in [-0.3, -0.25) is 9.89 Å². The van der Waals surface area contributed by atoms with Crippen molar-refractivity contribution in [3.63, 3.8) is 0 Å². The number of carbonyl (C=O) groups is 1. The molecule has 5 nitrogen and oxygen atoms in total. The van der Waals surface area contributed by atoms with Crippen LogP contribution in [0.2, 0.25) is 0 Å². The predicted molar refractivity (Wildman–Crippen MR) is 78.8 cm³/mol. The summed E-state index contributed by atoms with van der Waals surface area (Å²) in [7, 11) is 0. The average molecular weight is 327 g/mol. The summed E-state index contributed by atoms with van der Waals surface area (Å²) in [4.78, 5) is 11.8. The zero-order valence-corrected chi connectivity index (χ0v) is 12.4. The van der Waals surface area contributed by atoms with Crippen molar-refractivity contribution < 1.29 is 22.7 Å². The highest BCUT2D eigenvalue weighted by atomic mass is 19.4. The normalized spacial score (nSPS) is 11.5. The van der Waals surface area contributed by atoms with E-state index >= 15 is 0 Å². The van der Waals surface area contributed by atoms with E-state index in [2.05, 4.69) is 10.4 Å². The summed E-state index contributed by atoms with van der Waals surface area (Å²) in [6.07, 6.45) is -4.57. The molecule has 0 bridgehead atoms. The number of benzene rings is 1. The Morgan fingerprint density at radius 1 is 1.30 bits per heavy atom. The number of hydrogen-bond acceptors (Lipinski definition) is 3. The molecule has 0 aliphatic carbocycles. The van der Waals surface area contributed by atoms with Crippen LogP contribution in [0.25, 0.3) is 11.1 Å². The lowest BCUT2D eigenvalue weighted by Gasteiger charge is -2.09. The number of H-pyrrole nitrogens is 1. The van der Waals surface area contributed by atoms with Crippen LogP contribution in [-0.4, -0.2) is 29.3 Å². The average Bonchev–Trinajstić information content (AvgIpc) is 2.92. The smallest absolute Gasteiger partial charge is 0.381 e. The third kappa shape index (κ3) is 4.32. The highest BCUT2D eigenvalue weighted by Gasteiger charge is 2.38. The maximum absolute atomic E-state index is 13.1. The molecule has 0 unspecified atom stereocenters. The Labute approximate surface area is 130 Å². The Hall–Kier alpha value is -2.35. The molecule has 0 saturated heterocycles. The van der Waals surface area contributed by atoms with Gasteiger partial charge in [0.2, 0.25) is 5.91 Å². The molecule has 0 radical (unpaired) electrons. The first-order chi connectivity index (χ1) is 10.9. The summed E-state index contributed by atoms with van der Waals surface area (Å²) < 4.78 is 44.4. The van der Waals surface area contributed by atoms with E-state index in [4.69, 9.17) is 4.74 Å². The van der Waals surface area contributed by atoms with Crippen LogP contribution in [-0.2, 0) is 15.7 Å². The van der Waals surface area contributed by atoms with Crippen molar-refractivity contribution in [3.05, 3.63) is 36.0 Å². The molecule has 0 atom stereocenters. The molecule has 1 amide bonds. The summed E-state index contributed by atoms with van der Waals surface area (Å²) in [5.74, 6) is -0.610. The van der Waals surface area contributed by atoms with Crippen molar-refractivity contribution in [1.29, 1.82) is 0 Å². The molecule has 124 valence electrons. The van der Waals surface area contributed by atoms with Gasteiger partial charge in [-0.05, 0) is 12.5 Å². The number of aromatic nitrogens is 2. The Balaban J connectivity index is 2.30. The second-order valence-electron chi connectivity index (χ2n) is 4.68. The molecule has 0 spiro atoms. The van der Waals surface area contributed by atoms with Crippen molar-refractivity contribution in [2.24, 2.45) is 0 Å². The van der Waals surface area contributed by atoms with Crippen LogP contribution in [0.3, 0.4) is 0 Å². The molecule has 1 aromatic carbocycles. The van der Waals surface area contributed by atoms with Crippen molar-refractivity contribution >= 4 is 11.7 Å². The highest BCUT2D eigenvalue weighted by molar-refractivity contribution is 5.94. The second kappa shape index (κ2) is 7.28. The van der Waals surface area contributed by atoms with Gasteiger partial charge in [0.05, 0.1) is 18.6 Å². The zero-order chi connectivity index (χ0) is 16.9. The Bertz CT molecular complexity index is 654. The molecule has 0 aliphatic rings. The van der Waals surface area contributed by atoms with Crippen LogP contribution in [0.4, 0.5) is 19.0 Å². The monoisotopic (exact) mass is 327 g/mol. The number of aromatic amines is 1. The zero-order valence-electron chi connectivity index (χ0n) is 12.4. The van der Waals surface area contributed by atoms with Crippen molar-refractivity contribution in [2.75, 3.05) is 18.5 Å². The van der Waals surface area contributed by atoms with E-state index in [1.165, 1.54) is 12.1 Å². The van der Waals surface area contributed by atoms with E-state index in [9.17, 15) is 18.0 Å². The summed E-state index contributed by atoms with van der Waals surface area (Å²) in [5, 5.41) is 7.97. The van der Waals surface area contributed by atoms with E-state index in [-0.39, 0.29) is 24.4 Å². The molecule has 0 saturated carbocycles. The minimum atomic E-state index is -4.60. The van der Waals surface area contributed by atoms with E-state index in [1.54, 1.807) is 25.1 Å². The lowest BCUT2D eigenvalue weighted by atomic mass is 10.1. The SMILES string of the molecule is CCOCCC(=O)Nc1n[nH]c(C(F)(F)F)c1-c1ccccc1. The molecule has 0 aliphatic heterocycles. The number of rotatable bonds is 6. The summed E-state index contributed by atoms with van der Waals surface area (Å²) in [5.41, 5.74) is -0.861. The minimum Gasteiger partial charge on any atom is -0.381 e. The first-order valence-corrected chi connectivity index (χ1v) is 7.02. The fourth-order valence-electron chi connectivity index (χ4n) is 2.03. The molecule has 23 heavy (non-hydrogen) atoms. The van der Waals surface area contributed by atoms with Crippen molar-refractivity contribution in [1.82, 2.24) is 10.2 Å². The molecule has 2 rings (SSSR count). The molecule has 0 fully saturated rings. The van der Waals surface area contributed by atoms with Gasteiger partial charge in [-0.15, -0.1) is 0 Å². The third-order valence-corrected chi connectivity index (χ3v) is 3.05. The fourth-order valence-corrected chi connectivity index (χ4v) is 2.03. The maximum Gasteiger partial charge on any atom is 0.433 e. The van der Waals surface area contributed by atoms with Crippen LogP contribution in [0.1, 0.15) is 19.0 Å². The van der Waals surface area contributed by atoms with Gasteiger partial charge in [-0.1, -0.05) is 30.3 Å². The van der Waals surface area contributed by atoms with Crippen LogP contribution in [0, 0.1) is 0 Å². The fraction of sp³-hybridized carbons (Fsp3) is 0.333. The lowest BCUT2D eigenvalue weighted by molar-refractivity contribution is -0.140. The van der Waals surface area contributed by atoms with E-state index in [0.29, 0.717) is 12.2 Å². The minimum absolute atomic E-state index is 0.0380. The van der Waals surface area contributed by atoms with Gasteiger partial charge in [-0.25, -0.2) is 0 Å². The van der Waals surface area contributed by atoms with Crippen LogP contribution in [0.5, 0.6) is 0 Å². The molecular formula is C15H16F3N3O2. The van der Waals surface area contributed by atoms with E-state index < -0.39 is 17.8 Å². The number of amides is 1. The third-order valence-electron chi connectivity index (χ3n) is 3.05. The quantitative estimate of drug-likeness (QED) is 0.799. The topological polar surface area (TPSA) is 67.0 Å². The Morgan fingerprint density at radius 3 is 2.61 bits per heavy atom. The van der Waals surface area contributed by atoms with Gasteiger partial charge >= 0.3 is 6.18 Å². The van der Waals surface area contributed by atoms with E-state index in [0.717, 1.165) is 0 Å². The first-order valence-electron chi connectivity index (χ1n) is 7.02. The number of alkyl halides is 3. The molecular weight excluding hydrogens is 311 g/mol. The predicted octanol–water partition coefficient (Wildman–Crippen LogP) is 3.46. The molecule has 1 heterocycles. The van der Waals surface area contributed by atoms with Crippen LogP contribution in [0.15, 0.2) is 30.3 Å². The van der Waals surface area contributed by atoms with Crippen LogP contribution < -0.4 is 5.32 Å². The lowest BCUT2D eigenvalue weighted by Crippen LogP contribution is -2.15. The van der Waals surface area contributed by atoms with Gasteiger partial charge in [-0.2, -0.15) is 18.3 Å². The highest BCUT2D eigenvalue weighted by Crippen LogP contribution is 2.39. The van der Waals surface area contributed by atoms with Gasteiger partial charge in [0.25, 0.3) is 0 Å². The summed E-state index contributed by atoms with van der Waals surface area (Å²) in [6, 6.07) is 7.97. The largest absolute Gasteiger partial charge is 0.433 e. The number of ether oxygens (including phenoxy) is 1. The van der Waals surface area contributed by atoms with Gasteiger partial charge in [0.15, 0.2) is 5.82 Å². The Kier molecular flexibility index (Phi) is 5.38. The number of nitrogens with one attached hydrogen (secondary N) is 2. The molecule has 2 aromatic rings.